The number of furan rings is 1. The molecule has 2 amide bonds. The van der Waals surface area contributed by atoms with Crippen LogP contribution in [-0.4, -0.2) is 40.4 Å². The summed E-state index contributed by atoms with van der Waals surface area (Å²) in [6, 6.07) is 8.79. The topological polar surface area (TPSA) is 99.9 Å². The smallest absolute Gasteiger partial charge is 0.326 e. The largest absolute Gasteiger partial charge is 0.480 e. The van der Waals surface area contributed by atoms with Gasteiger partial charge in [0.2, 0.25) is 0 Å². The molecular formula is C18H18N2O5. The second-order valence-electron chi connectivity index (χ2n) is 5.86. The van der Waals surface area contributed by atoms with Crippen molar-refractivity contribution in [1.82, 2.24) is 4.90 Å². The number of rotatable bonds is 4. The Morgan fingerprint density at radius 3 is 2.72 bits per heavy atom. The van der Waals surface area contributed by atoms with Crippen LogP contribution < -0.4 is 5.32 Å². The molecule has 2 heterocycles. The number of nitrogens with one attached hydrogen (secondary N) is 1. The minimum absolute atomic E-state index is 0.165. The van der Waals surface area contributed by atoms with Gasteiger partial charge in [0.25, 0.3) is 11.8 Å². The molecular weight excluding hydrogens is 324 g/mol. The van der Waals surface area contributed by atoms with Crippen molar-refractivity contribution in [3.63, 3.8) is 0 Å². The fourth-order valence-corrected chi connectivity index (χ4v) is 2.93. The molecule has 2 N–H and O–H groups in total. The zero-order valence-corrected chi connectivity index (χ0v) is 13.5. The van der Waals surface area contributed by atoms with E-state index in [1.54, 1.807) is 24.3 Å². The van der Waals surface area contributed by atoms with E-state index >= 15 is 0 Å². The first kappa shape index (κ1) is 16.8. The van der Waals surface area contributed by atoms with Crippen LogP contribution in [0.5, 0.6) is 0 Å². The van der Waals surface area contributed by atoms with E-state index in [9.17, 15) is 19.5 Å². The number of carboxylic acids is 1. The summed E-state index contributed by atoms with van der Waals surface area (Å²) in [6.07, 6.45) is 3.43. The molecule has 1 aromatic heterocycles. The van der Waals surface area contributed by atoms with Crippen LogP contribution in [0.2, 0.25) is 0 Å². The molecule has 1 saturated heterocycles. The lowest BCUT2D eigenvalue weighted by molar-refractivity contribution is -0.143. The van der Waals surface area contributed by atoms with E-state index in [0.29, 0.717) is 24.2 Å². The van der Waals surface area contributed by atoms with Crippen molar-refractivity contribution in [2.75, 3.05) is 11.9 Å². The third-order valence-electron chi connectivity index (χ3n) is 4.16. The molecule has 0 spiro atoms. The molecule has 1 aliphatic rings. The first-order valence-electron chi connectivity index (χ1n) is 8.05. The lowest BCUT2D eigenvalue weighted by Crippen LogP contribution is -2.48. The van der Waals surface area contributed by atoms with Crippen molar-refractivity contribution in [2.24, 2.45) is 0 Å². The minimum atomic E-state index is -0.990. The van der Waals surface area contributed by atoms with Crippen molar-refractivity contribution >= 4 is 23.5 Å². The van der Waals surface area contributed by atoms with Crippen LogP contribution in [-0.2, 0) is 4.79 Å². The average Bonchev–Trinajstić information content (AvgIpc) is 3.16. The number of piperidine rings is 1. The molecule has 7 nitrogen and oxygen atoms in total. The summed E-state index contributed by atoms with van der Waals surface area (Å²) in [5.74, 6) is -1.59. The fourth-order valence-electron chi connectivity index (χ4n) is 2.93. The van der Waals surface area contributed by atoms with Crippen LogP contribution in [0.15, 0.2) is 47.1 Å². The maximum Gasteiger partial charge on any atom is 0.326 e. The summed E-state index contributed by atoms with van der Waals surface area (Å²) >= 11 is 0. The van der Waals surface area contributed by atoms with Crippen LogP contribution in [0.4, 0.5) is 5.69 Å². The van der Waals surface area contributed by atoms with Crippen LogP contribution in [0.25, 0.3) is 0 Å². The summed E-state index contributed by atoms with van der Waals surface area (Å²) in [6.45, 7) is 0.415. The second-order valence-corrected chi connectivity index (χ2v) is 5.86. The fraction of sp³-hybridized carbons (Fsp3) is 0.278. The normalized spacial score (nSPS) is 17.1. The number of benzene rings is 1. The highest BCUT2D eigenvalue weighted by atomic mass is 16.4. The van der Waals surface area contributed by atoms with Gasteiger partial charge in [-0.15, -0.1) is 0 Å². The van der Waals surface area contributed by atoms with Gasteiger partial charge in [0.15, 0.2) is 5.76 Å². The summed E-state index contributed by atoms with van der Waals surface area (Å²) in [5, 5.41) is 12.0. The first-order valence-corrected chi connectivity index (χ1v) is 8.05. The molecule has 1 fully saturated rings. The highest BCUT2D eigenvalue weighted by molar-refractivity contribution is 6.03. The minimum Gasteiger partial charge on any atom is -0.480 e. The van der Waals surface area contributed by atoms with Crippen molar-refractivity contribution in [3.05, 3.63) is 54.0 Å². The number of aliphatic carboxylic acids is 1. The molecule has 7 heteroatoms. The van der Waals surface area contributed by atoms with E-state index in [-0.39, 0.29) is 11.7 Å². The van der Waals surface area contributed by atoms with E-state index in [2.05, 4.69) is 5.32 Å². The van der Waals surface area contributed by atoms with E-state index in [1.165, 1.54) is 23.3 Å². The number of likely N-dealkylation sites (tertiary alicyclic amines) is 1. The number of amides is 2. The Hall–Kier alpha value is -3.09. The van der Waals surface area contributed by atoms with Crippen LogP contribution in [0.3, 0.4) is 0 Å². The van der Waals surface area contributed by atoms with Crippen molar-refractivity contribution in [3.8, 4) is 0 Å². The van der Waals surface area contributed by atoms with Crippen molar-refractivity contribution < 1.29 is 23.9 Å². The van der Waals surface area contributed by atoms with E-state index < -0.39 is 17.9 Å². The number of carbonyl (C=O) groups is 3. The maximum atomic E-state index is 12.7. The monoisotopic (exact) mass is 342 g/mol. The SMILES string of the molecule is O=C(Nc1cccc(C(=O)N2CCCC[C@@H]2C(=O)O)c1)c1ccco1. The Labute approximate surface area is 144 Å². The van der Waals surface area contributed by atoms with E-state index in [0.717, 1.165) is 12.8 Å². The van der Waals surface area contributed by atoms with Crippen LogP contribution in [0.1, 0.15) is 40.2 Å². The van der Waals surface area contributed by atoms with Gasteiger partial charge < -0.3 is 19.7 Å². The highest BCUT2D eigenvalue weighted by Gasteiger charge is 2.32. The molecule has 0 unspecified atom stereocenters. The Morgan fingerprint density at radius 2 is 2.00 bits per heavy atom. The molecule has 0 aliphatic carbocycles. The molecule has 0 saturated carbocycles. The van der Waals surface area contributed by atoms with Crippen LogP contribution in [0, 0.1) is 0 Å². The summed E-state index contributed by atoms with van der Waals surface area (Å²) in [7, 11) is 0. The molecule has 1 aromatic carbocycles. The quantitative estimate of drug-likeness (QED) is 0.889. The molecule has 1 aliphatic heterocycles. The predicted molar refractivity (Wildman–Crippen MR) is 89.4 cm³/mol. The molecule has 2 aromatic rings. The third-order valence-corrected chi connectivity index (χ3v) is 4.16. The zero-order valence-electron chi connectivity index (χ0n) is 13.5. The Balaban J connectivity index is 1.77. The molecule has 3 rings (SSSR count). The van der Waals surface area contributed by atoms with Gasteiger partial charge in [-0.3, -0.25) is 9.59 Å². The Bertz CT molecular complexity index is 785. The average molecular weight is 342 g/mol. The molecule has 1 atom stereocenters. The third kappa shape index (κ3) is 3.71. The number of nitrogens with zero attached hydrogens (tertiary/aromatic N) is 1. The number of carboxylic acid groups (broad SMARTS) is 1. The number of anilines is 1. The van der Waals surface area contributed by atoms with Gasteiger partial charge in [-0.25, -0.2) is 4.79 Å². The van der Waals surface area contributed by atoms with Gasteiger partial charge in [-0.05, 0) is 49.6 Å². The molecule has 0 bridgehead atoms. The highest BCUT2D eigenvalue weighted by Crippen LogP contribution is 2.21. The molecule has 25 heavy (non-hydrogen) atoms. The van der Waals surface area contributed by atoms with Gasteiger partial charge in [0.1, 0.15) is 6.04 Å². The zero-order chi connectivity index (χ0) is 17.8. The molecule has 130 valence electrons. The van der Waals surface area contributed by atoms with E-state index in [1.807, 2.05) is 0 Å². The second kappa shape index (κ2) is 7.21. The van der Waals surface area contributed by atoms with Crippen LogP contribution >= 0.6 is 0 Å². The number of hydrogen-bond acceptors (Lipinski definition) is 4. The van der Waals surface area contributed by atoms with Crippen molar-refractivity contribution in [2.45, 2.75) is 25.3 Å². The molecule has 0 radical (unpaired) electrons. The summed E-state index contributed by atoms with van der Waals surface area (Å²) in [5.41, 5.74) is 0.779. The predicted octanol–water partition coefficient (Wildman–Crippen LogP) is 2.61. The first-order chi connectivity index (χ1) is 12.1. The van der Waals surface area contributed by atoms with Gasteiger partial charge in [0.05, 0.1) is 6.26 Å². The van der Waals surface area contributed by atoms with E-state index in [4.69, 9.17) is 4.42 Å². The summed E-state index contributed by atoms with van der Waals surface area (Å²) in [4.78, 5) is 37.5. The number of hydrogen-bond donors (Lipinski definition) is 2. The van der Waals surface area contributed by atoms with Gasteiger partial charge >= 0.3 is 5.97 Å². The Kier molecular flexibility index (Phi) is 4.83. The standard InChI is InChI=1S/C18H18N2O5/c21-16(15-8-4-10-25-15)19-13-6-3-5-12(11-13)17(22)20-9-2-1-7-14(20)18(23)24/h3-6,8,10-11,14H,1-2,7,9H2,(H,19,21)(H,23,24)/t14-/m1/s1. The lowest BCUT2D eigenvalue weighted by atomic mass is 10.0. The maximum absolute atomic E-state index is 12.7. The van der Waals surface area contributed by atoms with Gasteiger partial charge in [-0.1, -0.05) is 6.07 Å². The summed E-state index contributed by atoms with van der Waals surface area (Å²) < 4.78 is 5.03. The number of carbonyl (C=O) groups excluding carboxylic acids is 2. The van der Waals surface area contributed by atoms with Gasteiger partial charge in [0, 0.05) is 17.8 Å². The van der Waals surface area contributed by atoms with Gasteiger partial charge in [-0.2, -0.15) is 0 Å². The van der Waals surface area contributed by atoms with Crippen molar-refractivity contribution in [1.29, 1.82) is 0 Å². The lowest BCUT2D eigenvalue weighted by Gasteiger charge is -2.33. The Morgan fingerprint density at radius 1 is 1.16 bits per heavy atom.